The molecule has 0 bridgehead atoms. The van der Waals surface area contributed by atoms with Crippen molar-refractivity contribution in [3.05, 3.63) is 52.2 Å². The first kappa shape index (κ1) is 11.5. The number of aromatic nitrogens is 1. The lowest BCUT2D eigenvalue weighted by Gasteiger charge is -2.09. The Labute approximate surface area is 103 Å². The van der Waals surface area contributed by atoms with E-state index in [1.807, 2.05) is 6.07 Å². The molecule has 0 aliphatic heterocycles. The van der Waals surface area contributed by atoms with Crippen molar-refractivity contribution in [1.82, 2.24) is 4.98 Å². The van der Waals surface area contributed by atoms with E-state index in [-0.39, 0.29) is 6.04 Å². The Balaban J connectivity index is 2.13. The highest BCUT2D eigenvalue weighted by atomic mass is 35.5. The second-order valence-electron chi connectivity index (χ2n) is 3.42. The molecule has 1 atom stereocenters. The van der Waals surface area contributed by atoms with Crippen LogP contribution in [0.25, 0.3) is 0 Å². The van der Waals surface area contributed by atoms with Crippen LogP contribution in [-0.2, 0) is 6.42 Å². The van der Waals surface area contributed by atoms with Crippen molar-refractivity contribution in [2.45, 2.75) is 12.5 Å². The molecule has 0 aromatic carbocycles. The standard InChI is InChI=1S/C11H10Cl2N2O/c12-8-6-15-4-3-7(8)5-9(14)10-1-2-11(13)16-10/h1-4,6,9H,5,14H2. The van der Waals surface area contributed by atoms with Gasteiger partial charge >= 0.3 is 0 Å². The van der Waals surface area contributed by atoms with Crippen LogP contribution in [0.5, 0.6) is 0 Å². The van der Waals surface area contributed by atoms with Gasteiger partial charge in [-0.2, -0.15) is 0 Å². The molecule has 0 spiro atoms. The molecule has 2 N–H and O–H groups in total. The highest BCUT2D eigenvalue weighted by Gasteiger charge is 2.12. The third-order valence-corrected chi connectivity index (χ3v) is 2.80. The summed E-state index contributed by atoms with van der Waals surface area (Å²) in [4.78, 5) is 3.91. The van der Waals surface area contributed by atoms with Gasteiger partial charge in [0.2, 0.25) is 0 Å². The predicted octanol–water partition coefficient (Wildman–Crippen LogP) is 3.22. The summed E-state index contributed by atoms with van der Waals surface area (Å²) in [6.45, 7) is 0. The lowest BCUT2D eigenvalue weighted by Crippen LogP contribution is -2.12. The van der Waals surface area contributed by atoms with Crippen LogP contribution in [-0.4, -0.2) is 4.98 Å². The van der Waals surface area contributed by atoms with Gasteiger partial charge < -0.3 is 10.2 Å². The number of hydrogen-bond donors (Lipinski definition) is 1. The maximum absolute atomic E-state index is 5.99. The molecule has 2 heterocycles. The molecule has 0 saturated heterocycles. The van der Waals surface area contributed by atoms with E-state index in [1.165, 1.54) is 0 Å². The van der Waals surface area contributed by atoms with Crippen molar-refractivity contribution < 1.29 is 4.42 Å². The van der Waals surface area contributed by atoms with Crippen molar-refractivity contribution in [2.75, 3.05) is 0 Å². The summed E-state index contributed by atoms with van der Waals surface area (Å²) in [6.07, 6.45) is 3.87. The number of nitrogens with two attached hydrogens (primary N) is 1. The Morgan fingerprint density at radius 3 is 2.75 bits per heavy atom. The minimum Gasteiger partial charge on any atom is -0.448 e. The van der Waals surface area contributed by atoms with Crippen molar-refractivity contribution in [3.63, 3.8) is 0 Å². The summed E-state index contributed by atoms with van der Waals surface area (Å²) in [5, 5.41) is 0.946. The maximum Gasteiger partial charge on any atom is 0.193 e. The van der Waals surface area contributed by atoms with E-state index in [0.717, 1.165) is 5.56 Å². The van der Waals surface area contributed by atoms with Gasteiger partial charge in [-0.25, -0.2) is 0 Å². The molecule has 3 nitrogen and oxygen atoms in total. The van der Waals surface area contributed by atoms with Crippen LogP contribution in [0.2, 0.25) is 10.2 Å². The predicted molar refractivity (Wildman–Crippen MR) is 63.6 cm³/mol. The summed E-state index contributed by atoms with van der Waals surface area (Å²) < 4.78 is 5.24. The molecule has 0 aliphatic rings. The summed E-state index contributed by atoms with van der Waals surface area (Å²) in [5.41, 5.74) is 6.92. The van der Waals surface area contributed by atoms with Gasteiger partial charge in [0.25, 0.3) is 0 Å². The molecule has 16 heavy (non-hydrogen) atoms. The molecule has 84 valence electrons. The second-order valence-corrected chi connectivity index (χ2v) is 4.20. The van der Waals surface area contributed by atoms with E-state index >= 15 is 0 Å². The van der Waals surface area contributed by atoms with Crippen LogP contribution in [0.4, 0.5) is 0 Å². The monoisotopic (exact) mass is 256 g/mol. The van der Waals surface area contributed by atoms with Gasteiger partial charge in [0.1, 0.15) is 5.76 Å². The molecule has 2 aromatic rings. The van der Waals surface area contributed by atoms with Crippen LogP contribution in [0.3, 0.4) is 0 Å². The first-order valence-corrected chi connectivity index (χ1v) is 5.51. The number of furan rings is 1. The van der Waals surface area contributed by atoms with Crippen molar-refractivity contribution in [1.29, 1.82) is 0 Å². The maximum atomic E-state index is 5.99. The third-order valence-electron chi connectivity index (χ3n) is 2.26. The van der Waals surface area contributed by atoms with Crippen LogP contribution in [0.15, 0.2) is 35.0 Å². The van der Waals surface area contributed by atoms with Crippen molar-refractivity contribution in [2.24, 2.45) is 5.73 Å². The fourth-order valence-electron chi connectivity index (χ4n) is 1.43. The minimum atomic E-state index is -0.257. The Bertz CT molecular complexity index is 484. The number of pyridine rings is 1. The molecule has 0 fully saturated rings. The normalized spacial score (nSPS) is 12.7. The van der Waals surface area contributed by atoms with Gasteiger partial charge in [0.15, 0.2) is 5.22 Å². The molecule has 0 aliphatic carbocycles. The first-order chi connectivity index (χ1) is 7.66. The van der Waals surface area contributed by atoms with Gasteiger partial charge in [-0.3, -0.25) is 4.98 Å². The smallest absolute Gasteiger partial charge is 0.193 e. The van der Waals surface area contributed by atoms with E-state index in [9.17, 15) is 0 Å². The third kappa shape index (κ3) is 2.55. The van der Waals surface area contributed by atoms with Crippen LogP contribution in [0.1, 0.15) is 17.4 Å². The van der Waals surface area contributed by atoms with E-state index in [2.05, 4.69) is 4.98 Å². The molecule has 5 heteroatoms. The highest BCUT2D eigenvalue weighted by molar-refractivity contribution is 6.31. The number of halogens is 2. The van der Waals surface area contributed by atoms with Crippen LogP contribution >= 0.6 is 23.2 Å². The zero-order chi connectivity index (χ0) is 11.5. The van der Waals surface area contributed by atoms with Gasteiger partial charge in [-0.1, -0.05) is 11.6 Å². The zero-order valence-corrected chi connectivity index (χ0v) is 9.87. The quantitative estimate of drug-likeness (QED) is 0.918. The van der Waals surface area contributed by atoms with Crippen molar-refractivity contribution in [3.8, 4) is 0 Å². The van der Waals surface area contributed by atoms with Crippen molar-refractivity contribution >= 4 is 23.2 Å². The highest BCUT2D eigenvalue weighted by Crippen LogP contribution is 2.23. The molecular weight excluding hydrogens is 247 g/mol. The Morgan fingerprint density at radius 2 is 2.12 bits per heavy atom. The topological polar surface area (TPSA) is 52.0 Å². The zero-order valence-electron chi connectivity index (χ0n) is 8.36. The summed E-state index contributed by atoms with van der Waals surface area (Å²) in [7, 11) is 0. The fraction of sp³-hybridized carbons (Fsp3) is 0.182. The number of nitrogens with zero attached hydrogens (tertiary/aromatic N) is 1. The molecule has 0 saturated carbocycles. The lowest BCUT2D eigenvalue weighted by molar-refractivity contribution is 0.466. The number of rotatable bonds is 3. The fourth-order valence-corrected chi connectivity index (χ4v) is 1.78. The SMILES string of the molecule is NC(Cc1ccncc1Cl)c1ccc(Cl)o1. The van der Waals surface area contributed by atoms with E-state index in [0.29, 0.717) is 22.4 Å². The summed E-state index contributed by atoms with van der Waals surface area (Å²) in [5.74, 6) is 0.651. The minimum absolute atomic E-state index is 0.257. The number of hydrogen-bond acceptors (Lipinski definition) is 3. The van der Waals surface area contributed by atoms with Gasteiger partial charge in [0, 0.05) is 12.4 Å². The molecule has 2 aromatic heterocycles. The summed E-state index contributed by atoms with van der Waals surface area (Å²) >= 11 is 11.7. The van der Waals surface area contributed by atoms with Crippen LogP contribution < -0.4 is 5.73 Å². The second kappa shape index (κ2) is 4.87. The largest absolute Gasteiger partial charge is 0.448 e. The molecule has 0 radical (unpaired) electrons. The van der Waals surface area contributed by atoms with Gasteiger partial charge in [-0.15, -0.1) is 0 Å². The van der Waals surface area contributed by atoms with Crippen LogP contribution in [0, 0.1) is 0 Å². The van der Waals surface area contributed by atoms with E-state index < -0.39 is 0 Å². The molecule has 1 unspecified atom stereocenters. The Kier molecular flexibility index (Phi) is 3.49. The average molecular weight is 257 g/mol. The van der Waals surface area contributed by atoms with Gasteiger partial charge in [0.05, 0.1) is 11.1 Å². The molecular formula is C11H10Cl2N2O. The average Bonchev–Trinajstić information content (AvgIpc) is 2.68. The molecule has 0 amide bonds. The Morgan fingerprint density at radius 1 is 1.31 bits per heavy atom. The molecule has 2 rings (SSSR count). The lowest BCUT2D eigenvalue weighted by atomic mass is 10.1. The van der Waals surface area contributed by atoms with Gasteiger partial charge in [-0.05, 0) is 41.8 Å². The van der Waals surface area contributed by atoms with E-state index in [4.69, 9.17) is 33.4 Å². The Hall–Kier alpha value is -1.03. The van der Waals surface area contributed by atoms with E-state index in [1.54, 1.807) is 24.5 Å². The summed E-state index contributed by atoms with van der Waals surface area (Å²) in [6, 6.07) is 5.02. The first-order valence-electron chi connectivity index (χ1n) is 4.76.